The van der Waals surface area contributed by atoms with Crippen molar-refractivity contribution in [3.63, 3.8) is 0 Å². The van der Waals surface area contributed by atoms with Gasteiger partial charge in [0.15, 0.2) is 0 Å². The van der Waals surface area contributed by atoms with Crippen molar-refractivity contribution >= 4 is 6.03 Å². The quantitative estimate of drug-likeness (QED) is 0.850. The van der Waals surface area contributed by atoms with Crippen LogP contribution in [0.4, 0.5) is 4.79 Å². The SMILES string of the molecule is CCc1noc(CC)c1CNC(=O)NCc1ccnc(C)n1. The third-order valence-corrected chi connectivity index (χ3v) is 3.30. The Balaban J connectivity index is 1.86. The van der Waals surface area contributed by atoms with Gasteiger partial charge in [-0.2, -0.15) is 0 Å². The van der Waals surface area contributed by atoms with Crippen LogP contribution in [-0.2, 0) is 25.9 Å². The van der Waals surface area contributed by atoms with E-state index in [2.05, 4.69) is 25.8 Å². The van der Waals surface area contributed by atoms with Crippen LogP contribution in [0.2, 0.25) is 0 Å². The molecule has 0 saturated carbocycles. The van der Waals surface area contributed by atoms with Crippen LogP contribution in [0.5, 0.6) is 0 Å². The van der Waals surface area contributed by atoms with Gasteiger partial charge in [0.2, 0.25) is 0 Å². The van der Waals surface area contributed by atoms with Crippen LogP contribution in [0.3, 0.4) is 0 Å². The summed E-state index contributed by atoms with van der Waals surface area (Å²) in [5.41, 5.74) is 2.64. The second kappa shape index (κ2) is 7.53. The number of urea groups is 1. The Morgan fingerprint density at radius 3 is 2.68 bits per heavy atom. The molecule has 2 amide bonds. The van der Waals surface area contributed by atoms with Crippen LogP contribution in [0.15, 0.2) is 16.8 Å². The number of nitrogens with one attached hydrogen (secondary N) is 2. The molecule has 2 rings (SSSR count). The van der Waals surface area contributed by atoms with Crippen LogP contribution in [0.25, 0.3) is 0 Å². The average Bonchev–Trinajstić information content (AvgIpc) is 2.93. The highest BCUT2D eigenvalue weighted by Gasteiger charge is 2.14. The van der Waals surface area contributed by atoms with Crippen molar-refractivity contribution in [1.82, 2.24) is 25.8 Å². The molecule has 22 heavy (non-hydrogen) atoms. The number of aryl methyl sites for hydroxylation is 3. The maximum atomic E-state index is 11.9. The molecule has 0 bridgehead atoms. The van der Waals surface area contributed by atoms with Crippen LogP contribution >= 0.6 is 0 Å². The molecule has 0 fully saturated rings. The van der Waals surface area contributed by atoms with Crippen molar-refractivity contribution in [2.75, 3.05) is 0 Å². The first kappa shape index (κ1) is 15.9. The fourth-order valence-corrected chi connectivity index (χ4v) is 2.14. The topological polar surface area (TPSA) is 92.9 Å². The molecule has 0 radical (unpaired) electrons. The lowest BCUT2D eigenvalue weighted by atomic mass is 10.1. The van der Waals surface area contributed by atoms with Crippen molar-refractivity contribution in [3.05, 3.63) is 40.8 Å². The summed E-state index contributed by atoms with van der Waals surface area (Å²) in [6.07, 6.45) is 3.21. The molecule has 0 saturated heterocycles. The third kappa shape index (κ3) is 4.03. The number of amides is 2. The van der Waals surface area contributed by atoms with E-state index in [0.717, 1.165) is 35.6 Å². The maximum Gasteiger partial charge on any atom is 0.315 e. The number of hydrogen-bond acceptors (Lipinski definition) is 5. The smallest absolute Gasteiger partial charge is 0.315 e. The third-order valence-electron chi connectivity index (χ3n) is 3.30. The van der Waals surface area contributed by atoms with Crippen molar-refractivity contribution in [1.29, 1.82) is 0 Å². The summed E-state index contributed by atoms with van der Waals surface area (Å²) < 4.78 is 5.27. The van der Waals surface area contributed by atoms with Gasteiger partial charge in [0.25, 0.3) is 0 Å². The molecular weight excluding hydrogens is 282 g/mol. The van der Waals surface area contributed by atoms with Gasteiger partial charge in [-0.3, -0.25) is 0 Å². The molecule has 118 valence electrons. The first-order chi connectivity index (χ1) is 10.6. The fraction of sp³-hybridized carbons (Fsp3) is 0.467. The molecule has 0 spiro atoms. The van der Waals surface area contributed by atoms with Gasteiger partial charge in [-0.25, -0.2) is 14.8 Å². The Bertz CT molecular complexity index is 617. The zero-order valence-corrected chi connectivity index (χ0v) is 13.1. The molecule has 0 aliphatic heterocycles. The minimum Gasteiger partial charge on any atom is -0.361 e. The fourth-order valence-electron chi connectivity index (χ4n) is 2.14. The van der Waals surface area contributed by atoms with Crippen LogP contribution in [0.1, 0.15) is 42.4 Å². The predicted octanol–water partition coefficient (Wildman–Crippen LogP) is 1.90. The van der Waals surface area contributed by atoms with Gasteiger partial charge >= 0.3 is 6.03 Å². The van der Waals surface area contributed by atoms with Gasteiger partial charge in [-0.1, -0.05) is 19.0 Å². The highest BCUT2D eigenvalue weighted by molar-refractivity contribution is 5.73. The summed E-state index contributed by atoms with van der Waals surface area (Å²) in [5.74, 6) is 1.51. The lowest BCUT2D eigenvalue weighted by Gasteiger charge is -2.08. The summed E-state index contributed by atoms with van der Waals surface area (Å²) in [6.45, 7) is 6.60. The molecule has 0 aromatic carbocycles. The lowest BCUT2D eigenvalue weighted by molar-refractivity contribution is 0.240. The molecular formula is C15H21N5O2. The Morgan fingerprint density at radius 1 is 1.23 bits per heavy atom. The highest BCUT2D eigenvalue weighted by atomic mass is 16.5. The largest absolute Gasteiger partial charge is 0.361 e. The van der Waals surface area contributed by atoms with Gasteiger partial charge in [-0.05, 0) is 19.4 Å². The highest BCUT2D eigenvalue weighted by Crippen LogP contribution is 2.15. The van der Waals surface area contributed by atoms with E-state index >= 15 is 0 Å². The second-order valence-corrected chi connectivity index (χ2v) is 4.87. The summed E-state index contributed by atoms with van der Waals surface area (Å²) in [7, 11) is 0. The molecule has 2 heterocycles. The van der Waals surface area contributed by atoms with Gasteiger partial charge in [-0.15, -0.1) is 0 Å². The van der Waals surface area contributed by atoms with E-state index < -0.39 is 0 Å². The van der Waals surface area contributed by atoms with E-state index in [1.165, 1.54) is 0 Å². The van der Waals surface area contributed by atoms with Gasteiger partial charge < -0.3 is 15.2 Å². The van der Waals surface area contributed by atoms with Gasteiger partial charge in [0.1, 0.15) is 11.6 Å². The van der Waals surface area contributed by atoms with E-state index in [1.54, 1.807) is 12.3 Å². The number of carbonyl (C=O) groups excluding carboxylic acids is 1. The van der Waals surface area contributed by atoms with Gasteiger partial charge in [0, 0.05) is 24.7 Å². The molecule has 0 aliphatic carbocycles. The predicted molar refractivity (Wildman–Crippen MR) is 81.1 cm³/mol. The average molecular weight is 303 g/mol. The van der Waals surface area contributed by atoms with Crippen molar-refractivity contribution < 1.29 is 9.32 Å². The van der Waals surface area contributed by atoms with E-state index in [-0.39, 0.29) is 6.03 Å². The molecule has 2 N–H and O–H groups in total. The monoisotopic (exact) mass is 303 g/mol. The first-order valence-corrected chi connectivity index (χ1v) is 7.40. The molecule has 2 aromatic heterocycles. The standard InChI is InChI=1S/C15H21N5O2/c1-4-13-12(14(5-2)22-20-13)9-18-15(21)17-8-11-6-7-16-10(3)19-11/h6-7H,4-5,8-9H2,1-3H3,(H2,17,18,21). The second-order valence-electron chi connectivity index (χ2n) is 4.87. The Hall–Kier alpha value is -2.44. The molecule has 7 nitrogen and oxygen atoms in total. The van der Waals surface area contributed by atoms with Crippen molar-refractivity contribution in [2.24, 2.45) is 0 Å². The Kier molecular flexibility index (Phi) is 5.46. The molecule has 0 atom stereocenters. The molecule has 2 aromatic rings. The van der Waals surface area contributed by atoms with Crippen LogP contribution in [0, 0.1) is 6.92 Å². The summed E-state index contributed by atoms with van der Waals surface area (Å²) in [4.78, 5) is 20.1. The van der Waals surface area contributed by atoms with E-state index in [1.807, 2.05) is 20.8 Å². The number of nitrogens with zero attached hydrogens (tertiary/aromatic N) is 3. The van der Waals surface area contributed by atoms with Crippen molar-refractivity contribution in [3.8, 4) is 0 Å². The minimum absolute atomic E-state index is 0.249. The normalized spacial score (nSPS) is 10.5. The summed E-state index contributed by atoms with van der Waals surface area (Å²) >= 11 is 0. The Labute approximate surface area is 129 Å². The Morgan fingerprint density at radius 2 is 2.00 bits per heavy atom. The zero-order valence-electron chi connectivity index (χ0n) is 13.1. The van der Waals surface area contributed by atoms with Crippen molar-refractivity contribution in [2.45, 2.75) is 46.7 Å². The minimum atomic E-state index is -0.249. The number of aromatic nitrogens is 3. The van der Waals surface area contributed by atoms with E-state index in [4.69, 9.17) is 4.52 Å². The summed E-state index contributed by atoms with van der Waals surface area (Å²) in [5, 5.41) is 9.62. The lowest BCUT2D eigenvalue weighted by Crippen LogP contribution is -2.35. The molecule has 0 unspecified atom stereocenters. The summed E-state index contributed by atoms with van der Waals surface area (Å²) in [6, 6.07) is 1.53. The maximum absolute atomic E-state index is 11.9. The van der Waals surface area contributed by atoms with Crippen LogP contribution < -0.4 is 10.6 Å². The first-order valence-electron chi connectivity index (χ1n) is 7.40. The number of carbonyl (C=O) groups is 1. The van der Waals surface area contributed by atoms with E-state index in [9.17, 15) is 4.79 Å². The number of rotatable bonds is 6. The zero-order chi connectivity index (χ0) is 15.9. The molecule has 0 aliphatic rings. The number of hydrogen-bond donors (Lipinski definition) is 2. The van der Waals surface area contributed by atoms with E-state index in [0.29, 0.717) is 18.9 Å². The molecule has 7 heteroatoms. The van der Waals surface area contributed by atoms with Gasteiger partial charge in [0.05, 0.1) is 17.9 Å². The van der Waals surface area contributed by atoms with Crippen LogP contribution in [-0.4, -0.2) is 21.2 Å².